The third kappa shape index (κ3) is 1.26. The molecule has 0 spiro atoms. The summed E-state index contributed by atoms with van der Waals surface area (Å²) in [5.41, 5.74) is 2.37. The largest absolute Gasteiger partial charge is 0.506 e. The Morgan fingerprint density at radius 1 is 1.33 bits per heavy atom. The first kappa shape index (κ1) is 7.17. The van der Waals surface area contributed by atoms with Gasteiger partial charge in [-0.25, -0.2) is 4.98 Å². The predicted molar refractivity (Wildman–Crippen MR) is 44.8 cm³/mol. The smallest absolute Gasteiger partial charge is 0.166 e. The van der Waals surface area contributed by atoms with Crippen LogP contribution in [-0.2, 0) is 0 Å². The molecule has 0 amide bonds. The fourth-order valence-corrected chi connectivity index (χ4v) is 1.33. The topological polar surface area (TPSA) is 58.9 Å². The minimum atomic E-state index is 0.156. The molecule has 1 N–H and O–H groups in total. The minimum absolute atomic E-state index is 0.156. The molecule has 0 bridgehead atoms. The van der Waals surface area contributed by atoms with Crippen molar-refractivity contribution in [3.63, 3.8) is 0 Å². The fourth-order valence-electron chi connectivity index (χ4n) is 0.797. The lowest BCUT2D eigenvalue weighted by Gasteiger charge is -1.93. The van der Waals surface area contributed by atoms with Crippen molar-refractivity contribution in [3.8, 4) is 16.5 Å². The number of nitrogens with zero attached hydrogens (tertiary/aromatic N) is 3. The van der Waals surface area contributed by atoms with E-state index in [0.717, 1.165) is 10.7 Å². The molecule has 0 saturated heterocycles. The van der Waals surface area contributed by atoms with Gasteiger partial charge in [0.1, 0.15) is 17.0 Å². The second kappa shape index (κ2) is 2.86. The Morgan fingerprint density at radius 2 is 2.25 bits per heavy atom. The molecule has 12 heavy (non-hydrogen) atoms. The molecule has 0 aliphatic carbocycles. The Kier molecular flexibility index (Phi) is 1.71. The van der Waals surface area contributed by atoms with Gasteiger partial charge < -0.3 is 5.11 Å². The average molecular weight is 179 g/mol. The third-order valence-electron chi connectivity index (χ3n) is 1.33. The van der Waals surface area contributed by atoms with Crippen molar-refractivity contribution in [2.75, 3.05) is 0 Å². The lowest BCUT2D eigenvalue weighted by molar-refractivity contribution is 0.473. The van der Waals surface area contributed by atoms with E-state index >= 15 is 0 Å². The van der Waals surface area contributed by atoms with E-state index in [1.54, 1.807) is 17.6 Å². The van der Waals surface area contributed by atoms with Gasteiger partial charge in [-0.05, 0) is 12.1 Å². The summed E-state index contributed by atoms with van der Waals surface area (Å²) in [6.07, 6.45) is 1.39. The molecule has 0 aliphatic rings. The molecule has 0 aliphatic heterocycles. The van der Waals surface area contributed by atoms with Gasteiger partial charge in [-0.1, -0.05) is 11.3 Å². The van der Waals surface area contributed by atoms with Gasteiger partial charge in [0.15, 0.2) is 5.01 Å². The Bertz CT molecular complexity index is 357. The van der Waals surface area contributed by atoms with Crippen molar-refractivity contribution in [2.24, 2.45) is 0 Å². The Hall–Kier alpha value is -1.49. The third-order valence-corrected chi connectivity index (χ3v) is 2.04. The van der Waals surface area contributed by atoms with Crippen LogP contribution in [0.1, 0.15) is 0 Å². The zero-order chi connectivity index (χ0) is 8.39. The Labute approximate surface area is 72.6 Å². The summed E-state index contributed by atoms with van der Waals surface area (Å²) in [5.74, 6) is 0.156. The normalized spacial score (nSPS) is 10.0. The molecular weight excluding hydrogens is 174 g/mol. The molecule has 4 nitrogen and oxygen atoms in total. The van der Waals surface area contributed by atoms with E-state index < -0.39 is 0 Å². The standard InChI is InChI=1S/C7H5N3OS/c11-5-1-2-6(8-3-5)7-10-9-4-12-7/h1-4,11H. The molecule has 2 rings (SSSR count). The quantitative estimate of drug-likeness (QED) is 0.717. The molecule has 5 heteroatoms. The maximum absolute atomic E-state index is 8.96. The molecular formula is C7H5N3OS. The summed E-state index contributed by atoms with van der Waals surface area (Å²) in [7, 11) is 0. The molecule has 0 unspecified atom stereocenters. The number of hydrogen-bond acceptors (Lipinski definition) is 5. The summed E-state index contributed by atoms with van der Waals surface area (Å²) < 4.78 is 0. The highest BCUT2D eigenvalue weighted by molar-refractivity contribution is 7.12. The van der Waals surface area contributed by atoms with Crippen molar-refractivity contribution in [2.45, 2.75) is 0 Å². The molecule has 0 radical (unpaired) electrons. The van der Waals surface area contributed by atoms with Crippen LogP contribution in [-0.4, -0.2) is 20.3 Å². The monoisotopic (exact) mass is 179 g/mol. The van der Waals surface area contributed by atoms with Gasteiger partial charge in [0.25, 0.3) is 0 Å². The number of pyridine rings is 1. The van der Waals surface area contributed by atoms with Gasteiger partial charge >= 0.3 is 0 Å². The predicted octanol–water partition coefficient (Wildman–Crippen LogP) is 1.31. The molecule has 2 heterocycles. The van der Waals surface area contributed by atoms with E-state index in [1.807, 2.05) is 0 Å². The second-order valence-electron chi connectivity index (χ2n) is 2.15. The maximum Gasteiger partial charge on any atom is 0.166 e. The van der Waals surface area contributed by atoms with E-state index in [1.165, 1.54) is 17.5 Å². The van der Waals surface area contributed by atoms with Crippen LogP contribution in [0.2, 0.25) is 0 Å². The lowest BCUT2D eigenvalue weighted by Crippen LogP contribution is -1.80. The summed E-state index contributed by atoms with van der Waals surface area (Å²) in [6, 6.07) is 3.28. The van der Waals surface area contributed by atoms with Crippen molar-refractivity contribution in [1.82, 2.24) is 15.2 Å². The number of hydrogen-bond donors (Lipinski definition) is 1. The van der Waals surface area contributed by atoms with Crippen LogP contribution in [0.15, 0.2) is 23.8 Å². The first-order valence-electron chi connectivity index (χ1n) is 3.28. The van der Waals surface area contributed by atoms with E-state index in [9.17, 15) is 0 Å². The van der Waals surface area contributed by atoms with Crippen LogP contribution < -0.4 is 0 Å². The van der Waals surface area contributed by atoms with Crippen molar-refractivity contribution < 1.29 is 5.11 Å². The second-order valence-corrected chi connectivity index (χ2v) is 2.98. The van der Waals surface area contributed by atoms with Crippen LogP contribution in [0.4, 0.5) is 0 Å². The highest BCUT2D eigenvalue weighted by atomic mass is 32.1. The van der Waals surface area contributed by atoms with E-state index in [0.29, 0.717) is 0 Å². The van der Waals surface area contributed by atoms with Gasteiger partial charge in [0.05, 0.1) is 6.20 Å². The Balaban J connectivity index is 2.43. The molecule has 0 aromatic carbocycles. The van der Waals surface area contributed by atoms with Crippen LogP contribution in [0, 0.1) is 0 Å². The number of rotatable bonds is 1. The molecule has 0 fully saturated rings. The number of aromatic hydroxyl groups is 1. The van der Waals surface area contributed by atoms with Crippen LogP contribution in [0.25, 0.3) is 10.7 Å². The summed E-state index contributed by atoms with van der Waals surface area (Å²) in [5, 5.41) is 17.2. The maximum atomic E-state index is 8.96. The molecule has 60 valence electrons. The molecule has 0 saturated carbocycles. The highest BCUT2D eigenvalue weighted by Crippen LogP contribution is 2.19. The van der Waals surface area contributed by atoms with E-state index in [4.69, 9.17) is 5.11 Å². The van der Waals surface area contributed by atoms with Crippen molar-refractivity contribution >= 4 is 11.3 Å². The lowest BCUT2D eigenvalue weighted by atomic mass is 10.3. The molecule has 2 aromatic heterocycles. The molecule has 2 aromatic rings. The van der Waals surface area contributed by atoms with Crippen LogP contribution >= 0.6 is 11.3 Å². The summed E-state index contributed by atoms with van der Waals surface area (Å²) >= 11 is 1.42. The zero-order valence-corrected chi connectivity index (χ0v) is 6.82. The van der Waals surface area contributed by atoms with Gasteiger partial charge in [0.2, 0.25) is 0 Å². The van der Waals surface area contributed by atoms with Gasteiger partial charge in [0, 0.05) is 0 Å². The van der Waals surface area contributed by atoms with Gasteiger partial charge in [-0.15, -0.1) is 10.2 Å². The van der Waals surface area contributed by atoms with E-state index in [2.05, 4.69) is 15.2 Å². The van der Waals surface area contributed by atoms with Crippen molar-refractivity contribution in [3.05, 3.63) is 23.8 Å². The zero-order valence-electron chi connectivity index (χ0n) is 6.01. The summed E-state index contributed by atoms with van der Waals surface area (Å²) in [4.78, 5) is 3.98. The first-order valence-corrected chi connectivity index (χ1v) is 4.16. The van der Waals surface area contributed by atoms with Gasteiger partial charge in [-0.2, -0.15) is 0 Å². The SMILES string of the molecule is Oc1ccc(-c2nncs2)nc1. The fraction of sp³-hybridized carbons (Fsp3) is 0. The summed E-state index contributed by atoms with van der Waals surface area (Å²) in [6.45, 7) is 0. The highest BCUT2D eigenvalue weighted by Gasteiger charge is 2.01. The minimum Gasteiger partial charge on any atom is -0.506 e. The first-order chi connectivity index (χ1) is 5.86. The van der Waals surface area contributed by atoms with Crippen molar-refractivity contribution in [1.29, 1.82) is 0 Å². The van der Waals surface area contributed by atoms with Gasteiger partial charge in [-0.3, -0.25) is 0 Å². The average Bonchev–Trinajstić information content (AvgIpc) is 2.58. The van der Waals surface area contributed by atoms with Crippen LogP contribution in [0.3, 0.4) is 0 Å². The Morgan fingerprint density at radius 3 is 2.83 bits per heavy atom. The molecule has 0 atom stereocenters. The number of aromatic nitrogens is 3. The van der Waals surface area contributed by atoms with E-state index in [-0.39, 0.29) is 5.75 Å². The van der Waals surface area contributed by atoms with Crippen LogP contribution in [0.5, 0.6) is 5.75 Å².